The van der Waals surface area contributed by atoms with Crippen molar-refractivity contribution < 1.29 is 4.79 Å². The van der Waals surface area contributed by atoms with E-state index in [4.69, 9.17) is 0 Å². The molecule has 0 aromatic carbocycles. The van der Waals surface area contributed by atoms with Crippen molar-refractivity contribution in [3.8, 4) is 0 Å². The van der Waals surface area contributed by atoms with E-state index in [1.807, 2.05) is 6.92 Å². The van der Waals surface area contributed by atoms with E-state index in [9.17, 15) is 9.59 Å². The molecule has 0 atom stereocenters. The van der Waals surface area contributed by atoms with Crippen molar-refractivity contribution in [3.05, 3.63) is 26.7 Å². The number of aromatic nitrogens is 4. The van der Waals surface area contributed by atoms with Gasteiger partial charge in [-0.3, -0.25) is 10.1 Å². The smallest absolute Gasteiger partial charge is 0.306 e. The number of aryl methyl sites for hydroxylation is 1. The molecule has 1 fully saturated rings. The number of piperazine rings is 1. The summed E-state index contributed by atoms with van der Waals surface area (Å²) in [5.74, 6) is 0.0245. The highest BCUT2D eigenvalue weighted by atomic mass is 32.2. The first-order valence-corrected chi connectivity index (χ1v) is 11.6. The van der Waals surface area contributed by atoms with Crippen LogP contribution in [0.2, 0.25) is 0 Å². The summed E-state index contributed by atoms with van der Waals surface area (Å²) in [7, 11) is 2.10. The zero-order valence-electron chi connectivity index (χ0n) is 16.7. The van der Waals surface area contributed by atoms with Crippen LogP contribution in [0.4, 0.5) is 5.13 Å². The predicted molar refractivity (Wildman–Crippen MR) is 115 cm³/mol. The molecule has 1 amide bonds. The van der Waals surface area contributed by atoms with Gasteiger partial charge in [0.2, 0.25) is 11.0 Å². The fourth-order valence-electron chi connectivity index (χ4n) is 3.71. The molecule has 0 radical (unpaired) electrons. The number of thioether (sulfide) groups is 1. The average Bonchev–Trinajstić information content (AvgIpc) is 3.12. The van der Waals surface area contributed by atoms with E-state index in [0.717, 1.165) is 68.1 Å². The first-order chi connectivity index (χ1) is 14.0. The standard InChI is InChI=1S/C18H25N7O2S2/c1-12-21-22-17(29-12)19-15(26)11-28-16-13-5-3-4-6-14(13)25(18(27)20-16)24-9-7-23(2)8-10-24/h3-11H2,1-2H3,(H,19,22,26). The van der Waals surface area contributed by atoms with Crippen molar-refractivity contribution in [2.75, 3.05) is 49.3 Å². The van der Waals surface area contributed by atoms with Crippen LogP contribution in [0.25, 0.3) is 0 Å². The van der Waals surface area contributed by atoms with Crippen LogP contribution in [0.5, 0.6) is 0 Å². The molecule has 4 rings (SSSR count). The first kappa shape index (κ1) is 20.3. The fraction of sp³-hybridized carbons (Fsp3) is 0.611. The third-order valence-corrected chi connectivity index (χ3v) is 6.98. The Bertz CT molecular complexity index is 950. The number of hydrogen-bond acceptors (Lipinski definition) is 9. The van der Waals surface area contributed by atoms with Gasteiger partial charge in [-0.05, 0) is 39.7 Å². The molecule has 0 unspecified atom stereocenters. The minimum Gasteiger partial charge on any atom is -0.306 e. The Hall–Kier alpha value is -1.98. The summed E-state index contributed by atoms with van der Waals surface area (Å²) in [6.45, 7) is 5.35. The van der Waals surface area contributed by atoms with Gasteiger partial charge in [-0.15, -0.1) is 10.2 Å². The number of hydrogen-bond donors (Lipinski definition) is 1. The topological polar surface area (TPSA) is 96.2 Å². The van der Waals surface area contributed by atoms with E-state index >= 15 is 0 Å². The number of rotatable bonds is 5. The molecular weight excluding hydrogens is 410 g/mol. The van der Waals surface area contributed by atoms with E-state index in [1.165, 1.54) is 23.1 Å². The third kappa shape index (κ3) is 4.62. The maximum atomic E-state index is 12.9. The maximum Gasteiger partial charge on any atom is 0.367 e. The summed E-state index contributed by atoms with van der Waals surface area (Å²) >= 11 is 2.67. The average molecular weight is 436 g/mol. The minimum atomic E-state index is -0.238. The summed E-state index contributed by atoms with van der Waals surface area (Å²) < 4.78 is 1.80. The van der Waals surface area contributed by atoms with Gasteiger partial charge in [0.25, 0.3) is 0 Å². The predicted octanol–water partition coefficient (Wildman–Crippen LogP) is 0.896. The number of nitrogens with one attached hydrogen (secondary N) is 1. The number of anilines is 1. The fourth-order valence-corrected chi connectivity index (χ4v) is 5.20. The Morgan fingerprint density at radius 3 is 2.66 bits per heavy atom. The van der Waals surface area contributed by atoms with Crippen molar-refractivity contribution in [1.82, 2.24) is 24.8 Å². The van der Waals surface area contributed by atoms with E-state index in [1.54, 1.807) is 4.68 Å². The minimum absolute atomic E-state index is 0.166. The molecule has 29 heavy (non-hydrogen) atoms. The highest BCUT2D eigenvalue weighted by Gasteiger charge is 2.25. The van der Waals surface area contributed by atoms with Gasteiger partial charge in [0.1, 0.15) is 10.0 Å². The molecule has 156 valence electrons. The van der Waals surface area contributed by atoms with Gasteiger partial charge in [-0.25, -0.2) is 9.47 Å². The molecule has 11 heteroatoms. The van der Waals surface area contributed by atoms with E-state index < -0.39 is 0 Å². The van der Waals surface area contributed by atoms with Crippen LogP contribution < -0.4 is 16.0 Å². The van der Waals surface area contributed by atoms with Crippen molar-refractivity contribution in [1.29, 1.82) is 0 Å². The van der Waals surface area contributed by atoms with E-state index in [0.29, 0.717) is 10.2 Å². The first-order valence-electron chi connectivity index (χ1n) is 9.82. The second-order valence-electron chi connectivity index (χ2n) is 7.36. The molecule has 9 nitrogen and oxygen atoms in total. The van der Waals surface area contributed by atoms with E-state index in [2.05, 4.69) is 37.5 Å². The molecule has 1 aliphatic heterocycles. The molecule has 0 spiro atoms. The number of amides is 1. The molecule has 0 bridgehead atoms. The Morgan fingerprint density at radius 2 is 1.93 bits per heavy atom. The van der Waals surface area contributed by atoms with Gasteiger partial charge in [0.05, 0.1) is 11.4 Å². The van der Waals surface area contributed by atoms with Gasteiger partial charge in [0.15, 0.2) is 0 Å². The summed E-state index contributed by atoms with van der Waals surface area (Å²) in [4.78, 5) is 31.8. The molecule has 2 aromatic heterocycles. The highest BCUT2D eigenvalue weighted by molar-refractivity contribution is 8.00. The number of nitrogens with zero attached hydrogens (tertiary/aromatic N) is 6. The third-order valence-electron chi connectivity index (χ3n) is 5.21. The second kappa shape index (κ2) is 8.80. The van der Waals surface area contributed by atoms with Gasteiger partial charge in [-0.2, -0.15) is 4.98 Å². The Morgan fingerprint density at radius 1 is 1.17 bits per heavy atom. The second-order valence-corrected chi connectivity index (χ2v) is 9.51. The van der Waals surface area contributed by atoms with Crippen molar-refractivity contribution in [3.63, 3.8) is 0 Å². The van der Waals surface area contributed by atoms with Crippen molar-refractivity contribution >= 4 is 34.1 Å². The van der Waals surface area contributed by atoms with Gasteiger partial charge in [0, 0.05) is 31.7 Å². The van der Waals surface area contributed by atoms with Crippen molar-refractivity contribution in [2.24, 2.45) is 0 Å². The van der Waals surface area contributed by atoms with Crippen LogP contribution in [-0.4, -0.2) is 69.6 Å². The molecule has 2 aliphatic rings. The Balaban J connectivity index is 1.52. The number of fused-ring (bicyclic) bond motifs is 1. The Kier molecular flexibility index (Phi) is 6.16. The molecule has 3 heterocycles. The van der Waals surface area contributed by atoms with Gasteiger partial charge in [-0.1, -0.05) is 23.1 Å². The van der Waals surface area contributed by atoms with Gasteiger partial charge >= 0.3 is 5.69 Å². The summed E-state index contributed by atoms with van der Waals surface area (Å²) in [6, 6.07) is 0. The van der Waals surface area contributed by atoms with Crippen LogP contribution in [0.1, 0.15) is 29.1 Å². The molecule has 1 N–H and O–H groups in total. The zero-order valence-corrected chi connectivity index (χ0v) is 18.3. The monoisotopic (exact) mass is 435 g/mol. The van der Waals surface area contributed by atoms with Crippen LogP contribution >= 0.6 is 23.1 Å². The zero-order chi connectivity index (χ0) is 20.4. The van der Waals surface area contributed by atoms with E-state index in [-0.39, 0.29) is 17.3 Å². The largest absolute Gasteiger partial charge is 0.367 e. The number of carbonyl (C=O) groups is 1. The lowest BCUT2D eigenvalue weighted by Gasteiger charge is -2.37. The number of carbonyl (C=O) groups excluding carboxylic acids is 1. The lowest BCUT2D eigenvalue weighted by Crippen LogP contribution is -2.54. The Labute approximate surface area is 177 Å². The quantitative estimate of drug-likeness (QED) is 0.547. The SMILES string of the molecule is Cc1nnc(NC(=O)CSc2nc(=O)n(N3CCN(C)CC3)c3c2CCCC3)s1. The van der Waals surface area contributed by atoms with Crippen LogP contribution in [0.3, 0.4) is 0 Å². The molecule has 2 aromatic rings. The van der Waals surface area contributed by atoms with Gasteiger partial charge < -0.3 is 9.91 Å². The summed E-state index contributed by atoms with van der Waals surface area (Å²) in [5.41, 5.74) is 1.96. The number of likely N-dealkylation sites (N-methyl/N-ethyl adjacent to an activating group) is 1. The van der Waals surface area contributed by atoms with Crippen molar-refractivity contribution in [2.45, 2.75) is 37.6 Å². The molecular formula is C18H25N7O2S2. The molecule has 0 saturated carbocycles. The molecule has 1 saturated heterocycles. The molecule has 1 aliphatic carbocycles. The summed E-state index contributed by atoms with van der Waals surface area (Å²) in [5, 5.41) is 14.7. The lowest BCUT2D eigenvalue weighted by molar-refractivity contribution is -0.113. The summed E-state index contributed by atoms with van der Waals surface area (Å²) in [6.07, 6.45) is 3.93. The normalized spacial score (nSPS) is 17.2. The van der Waals surface area contributed by atoms with Crippen LogP contribution in [-0.2, 0) is 17.6 Å². The van der Waals surface area contributed by atoms with Crippen LogP contribution in [0.15, 0.2) is 9.82 Å². The van der Waals surface area contributed by atoms with Crippen LogP contribution in [0, 0.1) is 6.92 Å². The maximum absolute atomic E-state index is 12.9. The highest BCUT2D eigenvalue weighted by Crippen LogP contribution is 2.29. The lowest BCUT2D eigenvalue weighted by atomic mass is 9.97.